The zero-order valence-electron chi connectivity index (χ0n) is 48.1. The molecule has 0 radical (unpaired) electrons. The van der Waals surface area contributed by atoms with Gasteiger partial charge in [0.25, 0.3) is 0 Å². The Morgan fingerprint density at radius 1 is 0.288 bits per heavy atom. The zero-order chi connectivity index (χ0) is 52.9. The maximum Gasteiger partial charge on any atom is 0.306 e. The Labute approximate surface area is 452 Å². The van der Waals surface area contributed by atoms with E-state index in [9.17, 15) is 14.4 Å². The Bertz CT molecular complexity index is 1400. The molecule has 0 aromatic heterocycles. The van der Waals surface area contributed by atoms with Crippen molar-refractivity contribution in [2.75, 3.05) is 13.2 Å². The molecule has 73 heavy (non-hydrogen) atoms. The first-order valence-electron chi connectivity index (χ1n) is 31.1. The van der Waals surface area contributed by atoms with Crippen molar-refractivity contribution in [3.63, 3.8) is 0 Å². The predicted octanol–water partition coefficient (Wildman–Crippen LogP) is 21.1. The molecular weight excluding hydrogens is 901 g/mol. The quantitative estimate of drug-likeness (QED) is 0.0261. The first kappa shape index (κ1) is 69.6. The van der Waals surface area contributed by atoms with Crippen molar-refractivity contribution in [1.29, 1.82) is 0 Å². The zero-order valence-corrected chi connectivity index (χ0v) is 48.1. The number of hydrogen-bond acceptors (Lipinski definition) is 6. The van der Waals surface area contributed by atoms with Gasteiger partial charge in [-0.25, -0.2) is 0 Å². The molecule has 0 saturated carbocycles. The van der Waals surface area contributed by atoms with Crippen LogP contribution in [0.2, 0.25) is 0 Å². The van der Waals surface area contributed by atoms with Crippen LogP contribution in [0.4, 0.5) is 0 Å². The van der Waals surface area contributed by atoms with Gasteiger partial charge in [-0.2, -0.15) is 0 Å². The molecule has 0 aromatic rings. The van der Waals surface area contributed by atoms with E-state index in [1.54, 1.807) is 0 Å². The Balaban J connectivity index is 4.31. The number of unbranched alkanes of at least 4 members (excludes halogenated alkanes) is 31. The summed E-state index contributed by atoms with van der Waals surface area (Å²) in [6, 6.07) is 0. The third-order valence-corrected chi connectivity index (χ3v) is 13.4. The molecule has 0 amide bonds. The fourth-order valence-electron chi connectivity index (χ4n) is 8.74. The van der Waals surface area contributed by atoms with Crippen LogP contribution in [0.5, 0.6) is 0 Å². The van der Waals surface area contributed by atoms with Crippen LogP contribution in [0.25, 0.3) is 0 Å². The van der Waals surface area contributed by atoms with E-state index in [0.29, 0.717) is 19.3 Å². The molecule has 0 saturated heterocycles. The van der Waals surface area contributed by atoms with Crippen molar-refractivity contribution in [2.24, 2.45) is 0 Å². The van der Waals surface area contributed by atoms with Gasteiger partial charge in [0.15, 0.2) is 6.10 Å². The fourth-order valence-corrected chi connectivity index (χ4v) is 8.74. The monoisotopic (exact) mass is 1020 g/mol. The van der Waals surface area contributed by atoms with Gasteiger partial charge in [0.2, 0.25) is 0 Å². The number of rotatable bonds is 56. The molecule has 0 N–H and O–H groups in total. The van der Waals surface area contributed by atoms with Crippen molar-refractivity contribution in [3.8, 4) is 0 Å². The van der Waals surface area contributed by atoms with Gasteiger partial charge in [-0.1, -0.05) is 273 Å². The van der Waals surface area contributed by atoms with E-state index >= 15 is 0 Å². The van der Waals surface area contributed by atoms with Crippen molar-refractivity contribution >= 4 is 17.9 Å². The molecule has 0 aliphatic rings. The Hall–Kier alpha value is -3.41. The summed E-state index contributed by atoms with van der Waals surface area (Å²) >= 11 is 0. The van der Waals surface area contributed by atoms with E-state index in [4.69, 9.17) is 14.2 Å². The molecule has 0 rings (SSSR count). The summed E-state index contributed by atoms with van der Waals surface area (Å²) in [4.78, 5) is 38.2. The van der Waals surface area contributed by atoms with E-state index in [1.165, 1.54) is 161 Å². The molecule has 6 nitrogen and oxygen atoms in total. The summed E-state index contributed by atoms with van der Waals surface area (Å²) in [5, 5.41) is 0. The van der Waals surface area contributed by atoms with Gasteiger partial charge >= 0.3 is 17.9 Å². The summed E-state index contributed by atoms with van der Waals surface area (Å²) in [7, 11) is 0. The minimum atomic E-state index is -0.793. The van der Waals surface area contributed by atoms with Crippen LogP contribution in [0.3, 0.4) is 0 Å². The second-order valence-corrected chi connectivity index (χ2v) is 20.6. The Kier molecular flexibility index (Phi) is 58.3. The Morgan fingerprint density at radius 3 is 0.849 bits per heavy atom. The number of hydrogen-bond donors (Lipinski definition) is 0. The lowest BCUT2D eigenvalue weighted by Gasteiger charge is -2.18. The molecule has 0 bridgehead atoms. The molecule has 0 aromatic carbocycles. The summed E-state index contributed by atoms with van der Waals surface area (Å²) in [5.41, 5.74) is 0. The number of carbonyl (C=O) groups excluding carboxylic acids is 3. The van der Waals surface area contributed by atoms with Gasteiger partial charge in [-0.05, 0) is 96.3 Å². The van der Waals surface area contributed by atoms with Crippen molar-refractivity contribution in [1.82, 2.24) is 0 Å². The van der Waals surface area contributed by atoms with E-state index in [0.717, 1.165) is 103 Å². The van der Waals surface area contributed by atoms with Crippen LogP contribution in [0.15, 0.2) is 85.1 Å². The van der Waals surface area contributed by atoms with Crippen LogP contribution < -0.4 is 0 Å². The van der Waals surface area contributed by atoms with Crippen molar-refractivity contribution < 1.29 is 28.6 Å². The first-order valence-corrected chi connectivity index (χ1v) is 31.1. The molecule has 1 atom stereocenters. The average Bonchev–Trinajstić information content (AvgIpc) is 3.39. The maximum atomic E-state index is 12.9. The third-order valence-electron chi connectivity index (χ3n) is 13.4. The van der Waals surface area contributed by atoms with Crippen molar-refractivity contribution in [2.45, 2.75) is 309 Å². The van der Waals surface area contributed by atoms with Crippen LogP contribution in [0.1, 0.15) is 303 Å². The second kappa shape index (κ2) is 61.1. The van der Waals surface area contributed by atoms with E-state index in [-0.39, 0.29) is 31.1 Å². The molecule has 0 fully saturated rings. The lowest BCUT2D eigenvalue weighted by atomic mass is 10.0. The molecule has 0 aliphatic heterocycles. The lowest BCUT2D eigenvalue weighted by Crippen LogP contribution is -2.30. The standard InChI is InChI=1S/C67H116O6/c1-4-7-10-13-16-19-22-24-26-28-30-31-32-33-34-35-37-38-40-42-45-48-51-54-57-60-66(69)72-63-64(62-71-65(68)59-56-53-50-47-44-21-18-15-12-9-6-3)73-67(70)61-58-55-52-49-46-43-41-39-36-29-27-25-23-20-17-14-11-8-5-2/h8,11,17,20,22,24-25,27-28,30,36,39,43,46,64H,4-7,9-10,12-16,18-19,21,23,26,29,31-35,37-38,40-42,44-45,47-63H2,1-3H3/b11-8-,20-17-,24-22-,27-25-,30-28-,39-36-,46-43-. The summed E-state index contributed by atoms with van der Waals surface area (Å²) in [6.07, 6.45) is 80.2. The lowest BCUT2D eigenvalue weighted by molar-refractivity contribution is -0.167. The highest BCUT2D eigenvalue weighted by Crippen LogP contribution is 2.16. The normalized spacial score (nSPS) is 12.6. The van der Waals surface area contributed by atoms with Gasteiger partial charge in [0, 0.05) is 19.3 Å². The molecule has 1 unspecified atom stereocenters. The average molecular weight is 1020 g/mol. The van der Waals surface area contributed by atoms with Crippen LogP contribution in [-0.2, 0) is 28.6 Å². The van der Waals surface area contributed by atoms with Gasteiger partial charge in [-0.15, -0.1) is 0 Å². The molecule has 0 heterocycles. The van der Waals surface area contributed by atoms with E-state index in [2.05, 4.69) is 106 Å². The Morgan fingerprint density at radius 2 is 0.534 bits per heavy atom. The SMILES string of the molecule is CC/C=C\C/C=C\C/C=C\C/C=C\C/C=C\CCCCCC(=O)OC(COC(=O)CCCCCCCCCCCCC)COC(=O)CCCCCCCCCCCCCCC/C=C\C/C=C\CCCCCCC. The van der Waals surface area contributed by atoms with Crippen LogP contribution in [0, 0.1) is 0 Å². The number of allylic oxidation sites excluding steroid dienone is 14. The highest BCUT2D eigenvalue weighted by molar-refractivity contribution is 5.71. The molecule has 0 spiro atoms. The third kappa shape index (κ3) is 59.3. The second-order valence-electron chi connectivity index (χ2n) is 20.6. The molecule has 0 aliphatic carbocycles. The highest BCUT2D eigenvalue weighted by Gasteiger charge is 2.19. The highest BCUT2D eigenvalue weighted by atomic mass is 16.6. The maximum absolute atomic E-state index is 12.9. The van der Waals surface area contributed by atoms with E-state index < -0.39 is 6.10 Å². The number of carbonyl (C=O) groups is 3. The predicted molar refractivity (Wildman–Crippen MR) is 316 cm³/mol. The fraction of sp³-hybridized carbons (Fsp3) is 0.746. The van der Waals surface area contributed by atoms with Gasteiger partial charge in [0.05, 0.1) is 0 Å². The van der Waals surface area contributed by atoms with Gasteiger partial charge < -0.3 is 14.2 Å². The minimum Gasteiger partial charge on any atom is -0.462 e. The van der Waals surface area contributed by atoms with Crippen LogP contribution in [-0.4, -0.2) is 37.2 Å². The van der Waals surface area contributed by atoms with Gasteiger partial charge in [0.1, 0.15) is 13.2 Å². The van der Waals surface area contributed by atoms with Crippen molar-refractivity contribution in [3.05, 3.63) is 85.1 Å². The smallest absolute Gasteiger partial charge is 0.306 e. The van der Waals surface area contributed by atoms with E-state index in [1.807, 2.05) is 0 Å². The summed E-state index contributed by atoms with van der Waals surface area (Å²) in [5.74, 6) is -0.912. The molecule has 6 heteroatoms. The summed E-state index contributed by atoms with van der Waals surface area (Å²) < 4.78 is 16.9. The van der Waals surface area contributed by atoms with Gasteiger partial charge in [-0.3, -0.25) is 14.4 Å². The number of esters is 3. The minimum absolute atomic E-state index is 0.0877. The number of ether oxygens (including phenoxy) is 3. The molecule has 420 valence electrons. The molecular formula is C67H116O6. The largest absolute Gasteiger partial charge is 0.462 e. The topological polar surface area (TPSA) is 78.9 Å². The van der Waals surface area contributed by atoms with Crippen LogP contribution >= 0.6 is 0 Å². The first-order chi connectivity index (χ1) is 36.0. The summed E-state index contributed by atoms with van der Waals surface area (Å²) in [6.45, 7) is 6.51.